The molecule has 1 fully saturated rings. The summed E-state index contributed by atoms with van der Waals surface area (Å²) in [6.45, 7) is 1.27. The number of halogens is 1. The van der Waals surface area contributed by atoms with Crippen molar-refractivity contribution in [2.45, 2.75) is 5.92 Å². The van der Waals surface area contributed by atoms with Gasteiger partial charge in [-0.05, 0) is 24.3 Å². The van der Waals surface area contributed by atoms with Crippen LogP contribution in [0.15, 0.2) is 52.9 Å². The van der Waals surface area contributed by atoms with E-state index in [2.05, 4.69) is 15.5 Å². The number of anilines is 1. The molecular formula is C22H23FN4O4. The molecule has 4 rings (SSSR count). The number of urea groups is 1. The molecule has 0 aliphatic carbocycles. The SMILES string of the molecule is COC[C@@H]1CN(C(=O)Nc2ccc(OC)c(F)c2)C[C@H]1c1nnc(-c2ccccc2)o1. The van der Waals surface area contributed by atoms with Crippen LogP contribution in [0, 0.1) is 11.7 Å². The topological polar surface area (TPSA) is 89.7 Å². The molecule has 2 atom stereocenters. The van der Waals surface area contributed by atoms with Gasteiger partial charge in [-0.3, -0.25) is 0 Å². The number of nitrogens with one attached hydrogen (secondary N) is 1. The van der Waals surface area contributed by atoms with Crippen molar-refractivity contribution < 1.29 is 23.1 Å². The van der Waals surface area contributed by atoms with Crippen molar-refractivity contribution in [2.24, 2.45) is 5.92 Å². The number of nitrogens with zero attached hydrogens (tertiary/aromatic N) is 3. The fourth-order valence-corrected chi connectivity index (χ4v) is 3.73. The van der Waals surface area contributed by atoms with Gasteiger partial charge in [-0.25, -0.2) is 9.18 Å². The Kier molecular flexibility index (Phi) is 6.13. The minimum atomic E-state index is -0.545. The first-order valence-corrected chi connectivity index (χ1v) is 9.86. The smallest absolute Gasteiger partial charge is 0.321 e. The van der Waals surface area contributed by atoms with Crippen LogP contribution < -0.4 is 10.1 Å². The van der Waals surface area contributed by atoms with Gasteiger partial charge in [-0.1, -0.05) is 18.2 Å². The maximum Gasteiger partial charge on any atom is 0.321 e. The molecule has 1 aliphatic rings. The second-order valence-electron chi connectivity index (χ2n) is 7.32. The van der Waals surface area contributed by atoms with Crippen LogP contribution in [0.4, 0.5) is 14.9 Å². The summed E-state index contributed by atoms with van der Waals surface area (Å²) in [5.74, 6) is 0.298. The summed E-state index contributed by atoms with van der Waals surface area (Å²) in [5, 5.41) is 11.1. The fraction of sp³-hybridized carbons (Fsp3) is 0.318. The number of aromatic nitrogens is 2. The van der Waals surface area contributed by atoms with E-state index in [9.17, 15) is 9.18 Å². The Balaban J connectivity index is 1.48. The zero-order valence-electron chi connectivity index (χ0n) is 17.2. The van der Waals surface area contributed by atoms with E-state index in [0.29, 0.717) is 37.2 Å². The van der Waals surface area contributed by atoms with Crippen LogP contribution in [-0.4, -0.2) is 55.0 Å². The van der Waals surface area contributed by atoms with Crippen molar-refractivity contribution in [1.29, 1.82) is 0 Å². The first kappa shape index (κ1) is 20.8. The van der Waals surface area contributed by atoms with Crippen LogP contribution >= 0.6 is 0 Å². The monoisotopic (exact) mass is 426 g/mol. The molecular weight excluding hydrogens is 403 g/mol. The van der Waals surface area contributed by atoms with Gasteiger partial charge in [0.25, 0.3) is 0 Å². The number of methoxy groups -OCH3 is 2. The molecule has 8 nitrogen and oxygen atoms in total. The summed E-state index contributed by atoms with van der Waals surface area (Å²) in [4.78, 5) is 14.4. The highest BCUT2D eigenvalue weighted by Crippen LogP contribution is 2.34. The van der Waals surface area contributed by atoms with E-state index in [4.69, 9.17) is 13.9 Å². The highest BCUT2D eigenvalue weighted by molar-refractivity contribution is 5.89. The Morgan fingerprint density at radius 1 is 1.19 bits per heavy atom. The standard InChI is InChI=1S/C22H23FN4O4/c1-29-13-15-11-27(22(28)24-16-8-9-19(30-2)18(23)10-16)12-17(15)21-26-25-20(31-21)14-6-4-3-5-7-14/h3-10,15,17H,11-13H2,1-2H3,(H,24,28)/t15-,17+/m0/s1. The van der Waals surface area contributed by atoms with Crippen molar-refractivity contribution in [3.05, 3.63) is 60.2 Å². The average Bonchev–Trinajstić information content (AvgIpc) is 3.42. The lowest BCUT2D eigenvalue weighted by atomic mass is 9.97. The van der Waals surface area contributed by atoms with Crippen LogP contribution in [0.1, 0.15) is 11.8 Å². The first-order chi connectivity index (χ1) is 15.1. The van der Waals surface area contributed by atoms with Crippen LogP contribution in [0.2, 0.25) is 0 Å². The molecule has 1 aliphatic heterocycles. The number of rotatable bonds is 6. The number of hydrogen-bond donors (Lipinski definition) is 1. The Morgan fingerprint density at radius 3 is 2.71 bits per heavy atom. The van der Waals surface area contributed by atoms with E-state index in [1.165, 1.54) is 19.2 Å². The van der Waals surface area contributed by atoms with E-state index >= 15 is 0 Å². The van der Waals surface area contributed by atoms with E-state index in [1.807, 2.05) is 30.3 Å². The predicted octanol–water partition coefficient (Wildman–Crippen LogP) is 3.78. The lowest BCUT2D eigenvalue weighted by Crippen LogP contribution is -2.33. The van der Waals surface area contributed by atoms with Gasteiger partial charge in [-0.15, -0.1) is 10.2 Å². The van der Waals surface area contributed by atoms with Crippen LogP contribution in [0.25, 0.3) is 11.5 Å². The van der Waals surface area contributed by atoms with Crippen molar-refractivity contribution in [3.63, 3.8) is 0 Å². The molecule has 1 N–H and O–H groups in total. The van der Waals surface area contributed by atoms with Gasteiger partial charge < -0.3 is 24.1 Å². The van der Waals surface area contributed by atoms with Gasteiger partial charge in [0, 0.05) is 43.4 Å². The molecule has 2 aromatic carbocycles. The van der Waals surface area contributed by atoms with Gasteiger partial charge in [-0.2, -0.15) is 0 Å². The number of likely N-dealkylation sites (tertiary alicyclic amines) is 1. The first-order valence-electron chi connectivity index (χ1n) is 9.86. The maximum absolute atomic E-state index is 13.9. The van der Waals surface area contributed by atoms with Crippen molar-refractivity contribution >= 4 is 11.7 Å². The highest BCUT2D eigenvalue weighted by Gasteiger charge is 2.39. The molecule has 2 amide bonds. The Morgan fingerprint density at radius 2 is 2.00 bits per heavy atom. The second-order valence-corrected chi connectivity index (χ2v) is 7.32. The van der Waals surface area contributed by atoms with Crippen molar-refractivity contribution in [3.8, 4) is 17.2 Å². The van der Waals surface area contributed by atoms with E-state index in [-0.39, 0.29) is 23.6 Å². The van der Waals surface area contributed by atoms with Gasteiger partial charge in [0.1, 0.15) is 0 Å². The number of carbonyl (C=O) groups is 1. The Hall–Kier alpha value is -3.46. The predicted molar refractivity (Wildman–Crippen MR) is 111 cm³/mol. The van der Waals surface area contributed by atoms with E-state index in [1.54, 1.807) is 18.1 Å². The van der Waals surface area contributed by atoms with Gasteiger partial charge in [0.2, 0.25) is 11.8 Å². The number of carbonyl (C=O) groups excluding carboxylic acids is 1. The molecule has 1 saturated heterocycles. The third kappa shape index (κ3) is 4.51. The summed E-state index contributed by atoms with van der Waals surface area (Å²) in [7, 11) is 3.00. The lowest BCUT2D eigenvalue weighted by molar-refractivity contribution is 0.145. The number of benzene rings is 2. The third-order valence-corrected chi connectivity index (χ3v) is 5.29. The number of amides is 2. The molecule has 162 valence electrons. The Labute approximate surface area is 179 Å². The zero-order valence-corrected chi connectivity index (χ0v) is 17.2. The lowest BCUT2D eigenvalue weighted by Gasteiger charge is -2.17. The molecule has 0 unspecified atom stereocenters. The third-order valence-electron chi connectivity index (χ3n) is 5.29. The van der Waals surface area contributed by atoms with Gasteiger partial charge in [0.05, 0.1) is 19.6 Å². The molecule has 0 spiro atoms. The summed E-state index contributed by atoms with van der Waals surface area (Å²) in [6.07, 6.45) is 0. The summed E-state index contributed by atoms with van der Waals surface area (Å²) >= 11 is 0. The van der Waals surface area contributed by atoms with Gasteiger partial charge >= 0.3 is 6.03 Å². The summed E-state index contributed by atoms with van der Waals surface area (Å²) < 4.78 is 30.1. The van der Waals surface area contributed by atoms with E-state index < -0.39 is 5.82 Å². The normalized spacial score (nSPS) is 18.2. The summed E-state index contributed by atoms with van der Waals surface area (Å²) in [5.41, 5.74) is 1.18. The molecule has 1 aromatic heterocycles. The molecule has 0 radical (unpaired) electrons. The maximum atomic E-state index is 13.9. The molecule has 9 heteroatoms. The highest BCUT2D eigenvalue weighted by atomic mass is 19.1. The zero-order chi connectivity index (χ0) is 21.8. The minimum Gasteiger partial charge on any atom is -0.494 e. The molecule has 0 bridgehead atoms. The van der Waals surface area contributed by atoms with Crippen LogP contribution in [-0.2, 0) is 4.74 Å². The quantitative estimate of drug-likeness (QED) is 0.645. The van der Waals surface area contributed by atoms with Crippen molar-refractivity contribution in [2.75, 3.05) is 39.2 Å². The minimum absolute atomic E-state index is 0.00701. The van der Waals surface area contributed by atoms with Gasteiger partial charge in [0.15, 0.2) is 11.6 Å². The number of hydrogen-bond acceptors (Lipinski definition) is 6. The van der Waals surface area contributed by atoms with Crippen LogP contribution in [0.5, 0.6) is 5.75 Å². The van der Waals surface area contributed by atoms with Crippen LogP contribution in [0.3, 0.4) is 0 Å². The number of ether oxygens (including phenoxy) is 2. The van der Waals surface area contributed by atoms with Crippen molar-refractivity contribution in [1.82, 2.24) is 15.1 Å². The average molecular weight is 426 g/mol. The molecule has 2 heterocycles. The van der Waals surface area contributed by atoms with E-state index in [0.717, 1.165) is 5.56 Å². The summed E-state index contributed by atoms with van der Waals surface area (Å²) in [6, 6.07) is 13.4. The second kappa shape index (κ2) is 9.13. The largest absolute Gasteiger partial charge is 0.494 e. The molecule has 31 heavy (non-hydrogen) atoms. The fourth-order valence-electron chi connectivity index (χ4n) is 3.73. The molecule has 0 saturated carbocycles. The molecule has 3 aromatic rings. The Bertz CT molecular complexity index is 1040.